The van der Waals surface area contributed by atoms with E-state index in [1.54, 1.807) is 0 Å². The van der Waals surface area contributed by atoms with E-state index in [2.05, 4.69) is 100 Å². The van der Waals surface area contributed by atoms with Crippen LogP contribution in [0.25, 0.3) is 0 Å². The maximum absolute atomic E-state index is 5.04. The smallest absolute Gasteiger partial charge is 0.243 e. The molecule has 0 unspecified atom stereocenters. The summed E-state index contributed by atoms with van der Waals surface area (Å²) in [6.07, 6.45) is 5.94. The van der Waals surface area contributed by atoms with Crippen LogP contribution in [0.15, 0.2) is 92.5 Å². The van der Waals surface area contributed by atoms with Crippen LogP contribution in [0.1, 0.15) is 45.9 Å². The SMILES string of the molecule is CC1=NC2=NC(c3ccccc3B(c3c(C)cc(C)cc3C)c3c(C)cc(C)cc3C)=NC3=CC=CC(=N1)N32. The van der Waals surface area contributed by atoms with Crippen LogP contribution in [0.4, 0.5) is 0 Å². The predicted molar refractivity (Wildman–Crippen MR) is 166 cm³/mol. The number of aryl methyl sites for hydroxylation is 6. The third kappa shape index (κ3) is 4.30. The lowest BCUT2D eigenvalue weighted by Gasteiger charge is -2.31. The Morgan fingerprint density at radius 1 is 0.667 bits per heavy atom. The Kier molecular flexibility index (Phi) is 6.06. The first kappa shape index (κ1) is 25.0. The van der Waals surface area contributed by atoms with E-state index in [1.807, 2.05) is 30.1 Å². The van der Waals surface area contributed by atoms with Crippen LogP contribution in [0.5, 0.6) is 0 Å². The molecule has 0 fully saturated rings. The summed E-state index contributed by atoms with van der Waals surface area (Å²) in [5.74, 6) is 3.55. The molecule has 6 heteroatoms. The number of nitrogens with zero attached hydrogens (tertiary/aromatic N) is 5. The largest absolute Gasteiger partial charge is 0.246 e. The second-order valence-electron chi connectivity index (χ2n) is 10.8. The Labute approximate surface area is 231 Å². The van der Waals surface area contributed by atoms with Crippen LogP contribution < -0.4 is 16.4 Å². The van der Waals surface area contributed by atoms with Gasteiger partial charge < -0.3 is 0 Å². The van der Waals surface area contributed by atoms with Gasteiger partial charge in [0.1, 0.15) is 17.5 Å². The lowest BCUT2D eigenvalue weighted by Crippen LogP contribution is -2.57. The molecule has 5 nitrogen and oxygen atoms in total. The second-order valence-corrected chi connectivity index (χ2v) is 10.8. The maximum Gasteiger partial charge on any atom is 0.243 e. The lowest BCUT2D eigenvalue weighted by atomic mass is 9.33. The van der Waals surface area contributed by atoms with Gasteiger partial charge in [-0.1, -0.05) is 104 Å². The van der Waals surface area contributed by atoms with E-state index in [1.165, 1.54) is 49.8 Å². The Morgan fingerprint density at radius 2 is 1.26 bits per heavy atom. The third-order valence-electron chi connectivity index (χ3n) is 7.68. The van der Waals surface area contributed by atoms with E-state index < -0.39 is 0 Å². The maximum atomic E-state index is 5.04. The van der Waals surface area contributed by atoms with Crippen molar-refractivity contribution in [2.45, 2.75) is 48.5 Å². The number of hydrogen-bond donors (Lipinski definition) is 0. The van der Waals surface area contributed by atoms with Crippen molar-refractivity contribution in [3.63, 3.8) is 0 Å². The summed E-state index contributed by atoms with van der Waals surface area (Å²) < 4.78 is 0. The molecule has 3 aliphatic heterocycles. The zero-order chi connectivity index (χ0) is 27.4. The van der Waals surface area contributed by atoms with Gasteiger partial charge in [0.05, 0.1) is 0 Å². The van der Waals surface area contributed by atoms with Crippen molar-refractivity contribution in [2.75, 3.05) is 0 Å². The van der Waals surface area contributed by atoms with Gasteiger partial charge in [0, 0.05) is 5.56 Å². The van der Waals surface area contributed by atoms with E-state index >= 15 is 0 Å². The molecule has 0 radical (unpaired) electrons. The molecular formula is C33H32BN5. The van der Waals surface area contributed by atoms with Gasteiger partial charge >= 0.3 is 0 Å². The number of aliphatic imine (C=N–C) groups is 4. The molecule has 0 bridgehead atoms. The van der Waals surface area contributed by atoms with Crippen molar-refractivity contribution in [1.29, 1.82) is 0 Å². The van der Waals surface area contributed by atoms with E-state index in [0.717, 1.165) is 17.2 Å². The number of hydrogen-bond acceptors (Lipinski definition) is 5. The normalized spacial score (nSPS) is 15.7. The van der Waals surface area contributed by atoms with Crippen molar-refractivity contribution in [1.82, 2.24) is 4.90 Å². The first-order chi connectivity index (χ1) is 18.7. The van der Waals surface area contributed by atoms with Gasteiger partial charge in [-0.3, -0.25) is 0 Å². The van der Waals surface area contributed by atoms with Crippen molar-refractivity contribution >= 4 is 46.6 Å². The number of amidine groups is 3. The van der Waals surface area contributed by atoms with Crippen LogP contribution in [0, 0.1) is 41.5 Å². The highest BCUT2D eigenvalue weighted by Crippen LogP contribution is 2.24. The molecule has 192 valence electrons. The summed E-state index contributed by atoms with van der Waals surface area (Å²) in [4.78, 5) is 21.2. The summed E-state index contributed by atoms with van der Waals surface area (Å²) in [5.41, 5.74) is 12.6. The minimum absolute atomic E-state index is 0.0253. The zero-order valence-corrected chi connectivity index (χ0v) is 23.7. The number of allylic oxidation sites excluding steroid dienone is 2. The summed E-state index contributed by atoms with van der Waals surface area (Å²) in [6, 6.07) is 17.8. The van der Waals surface area contributed by atoms with E-state index in [9.17, 15) is 0 Å². The molecule has 3 aromatic carbocycles. The monoisotopic (exact) mass is 509 g/mol. The number of benzene rings is 3. The minimum Gasteiger partial charge on any atom is -0.246 e. The van der Waals surface area contributed by atoms with Crippen molar-refractivity contribution < 1.29 is 0 Å². The minimum atomic E-state index is 0.0253. The molecule has 0 aliphatic carbocycles. The van der Waals surface area contributed by atoms with Crippen LogP contribution >= 0.6 is 0 Å². The summed E-state index contributed by atoms with van der Waals surface area (Å²) in [7, 11) is 0. The molecule has 3 aromatic rings. The summed E-state index contributed by atoms with van der Waals surface area (Å²) in [6.45, 7) is 15.2. The molecule has 39 heavy (non-hydrogen) atoms. The van der Waals surface area contributed by atoms with E-state index in [0.29, 0.717) is 17.6 Å². The van der Waals surface area contributed by atoms with Crippen LogP contribution in [-0.2, 0) is 0 Å². The quantitative estimate of drug-likeness (QED) is 0.470. The van der Waals surface area contributed by atoms with E-state index in [-0.39, 0.29) is 6.71 Å². The van der Waals surface area contributed by atoms with Gasteiger partial charge in [-0.2, -0.15) is 9.98 Å². The highest BCUT2D eigenvalue weighted by molar-refractivity contribution is 6.97. The van der Waals surface area contributed by atoms with Crippen molar-refractivity contribution in [2.24, 2.45) is 20.0 Å². The van der Waals surface area contributed by atoms with Gasteiger partial charge in [0.15, 0.2) is 5.84 Å². The van der Waals surface area contributed by atoms with Gasteiger partial charge in [0.2, 0.25) is 12.7 Å². The highest BCUT2D eigenvalue weighted by Gasteiger charge is 2.34. The molecule has 6 rings (SSSR count). The van der Waals surface area contributed by atoms with Gasteiger partial charge in [-0.05, 0) is 60.6 Å². The fourth-order valence-corrected chi connectivity index (χ4v) is 6.38. The standard InChI is InChI=1S/C33H32BN5/c1-19-15-21(3)30(22(4)16-19)34(31-23(5)17-20(2)18-24(31)6)27-12-9-8-11-26(27)32-37-29-14-10-13-28-35-25(7)36-33(38-32)39(28)29/h8-18H,1-7H3. The van der Waals surface area contributed by atoms with Crippen molar-refractivity contribution in [3.05, 3.63) is 112 Å². The Morgan fingerprint density at radius 3 is 1.87 bits per heavy atom. The van der Waals surface area contributed by atoms with Gasteiger partial charge in [0.25, 0.3) is 0 Å². The van der Waals surface area contributed by atoms with E-state index in [4.69, 9.17) is 9.98 Å². The molecule has 0 aromatic heterocycles. The van der Waals surface area contributed by atoms with Gasteiger partial charge in [-0.15, -0.1) is 0 Å². The second kappa shape index (κ2) is 9.46. The summed E-state index contributed by atoms with van der Waals surface area (Å²) >= 11 is 0. The first-order valence-corrected chi connectivity index (χ1v) is 13.5. The topological polar surface area (TPSA) is 52.7 Å². The molecule has 0 saturated carbocycles. The zero-order valence-electron chi connectivity index (χ0n) is 23.7. The fraction of sp³-hybridized carbons (Fsp3) is 0.212. The first-order valence-electron chi connectivity index (χ1n) is 13.5. The molecule has 0 spiro atoms. The summed E-state index contributed by atoms with van der Waals surface area (Å²) in [5, 5.41) is 0. The Balaban J connectivity index is 1.62. The average Bonchev–Trinajstić information content (AvgIpc) is 2.86. The van der Waals surface area contributed by atoms with Crippen LogP contribution in [0.3, 0.4) is 0 Å². The fourth-order valence-electron chi connectivity index (χ4n) is 6.38. The van der Waals surface area contributed by atoms with Gasteiger partial charge in [-0.25, -0.2) is 14.9 Å². The molecule has 3 aliphatic rings. The molecule has 0 atom stereocenters. The Bertz CT molecular complexity index is 1630. The highest BCUT2D eigenvalue weighted by atomic mass is 15.4. The average molecular weight is 509 g/mol. The number of rotatable bonds is 4. The molecule has 3 heterocycles. The molecule has 0 saturated heterocycles. The van der Waals surface area contributed by atoms with Crippen LogP contribution in [-0.4, -0.2) is 35.1 Å². The van der Waals surface area contributed by atoms with Crippen molar-refractivity contribution in [3.8, 4) is 0 Å². The molecule has 0 amide bonds. The molecule has 0 N–H and O–H groups in total. The predicted octanol–water partition coefficient (Wildman–Crippen LogP) is 4.71. The lowest BCUT2D eigenvalue weighted by molar-refractivity contribution is 0.710. The molecular weight excluding hydrogens is 477 g/mol. The number of guanidine groups is 1. The van der Waals surface area contributed by atoms with Crippen LogP contribution in [0.2, 0.25) is 0 Å². The Hall–Kier alpha value is -4.32. The third-order valence-corrected chi connectivity index (χ3v) is 7.68.